The lowest BCUT2D eigenvalue weighted by molar-refractivity contribution is 0.0501. The van der Waals surface area contributed by atoms with Gasteiger partial charge in [0.2, 0.25) is 0 Å². The summed E-state index contributed by atoms with van der Waals surface area (Å²) in [4.78, 5) is 12.2. The van der Waals surface area contributed by atoms with Gasteiger partial charge in [0, 0.05) is 6.20 Å². The molecule has 0 aliphatic rings. The van der Waals surface area contributed by atoms with Crippen molar-refractivity contribution in [2.24, 2.45) is 0 Å². The van der Waals surface area contributed by atoms with Crippen molar-refractivity contribution >= 4 is 23.1 Å². The lowest BCUT2D eigenvalue weighted by atomic mass is 9.84. The van der Waals surface area contributed by atoms with Crippen LogP contribution in [0.5, 0.6) is 0 Å². The van der Waals surface area contributed by atoms with Crippen LogP contribution in [0.15, 0.2) is 18.5 Å². The average molecular weight is 295 g/mol. The van der Waals surface area contributed by atoms with Crippen molar-refractivity contribution < 1.29 is 9.53 Å². The van der Waals surface area contributed by atoms with Crippen LogP contribution in [0.2, 0.25) is 5.02 Å². The van der Waals surface area contributed by atoms with Crippen molar-refractivity contribution in [1.82, 2.24) is 9.61 Å². The molecule has 0 fully saturated rings. The van der Waals surface area contributed by atoms with Gasteiger partial charge >= 0.3 is 5.97 Å². The van der Waals surface area contributed by atoms with Crippen LogP contribution < -0.4 is 0 Å². The van der Waals surface area contributed by atoms with Crippen molar-refractivity contribution in [2.75, 3.05) is 6.61 Å². The minimum Gasteiger partial charge on any atom is -0.462 e. The number of carbonyl (C=O) groups excluding carboxylic acids is 1. The molecule has 108 valence electrons. The predicted octanol–water partition coefficient (Wildman–Crippen LogP) is 3.85. The second-order valence-electron chi connectivity index (χ2n) is 5.81. The smallest absolute Gasteiger partial charge is 0.340 e. The first-order valence-corrected chi connectivity index (χ1v) is 7.07. The van der Waals surface area contributed by atoms with Crippen LogP contribution in [0.1, 0.15) is 50.0 Å². The first-order valence-electron chi connectivity index (χ1n) is 6.69. The molecular weight excluding hydrogens is 276 g/mol. The fraction of sp³-hybridized carbons (Fsp3) is 0.467. The summed E-state index contributed by atoms with van der Waals surface area (Å²) in [6, 6.07) is 1.83. The Bertz CT molecular complexity index is 641. The van der Waals surface area contributed by atoms with E-state index in [1.165, 1.54) is 0 Å². The van der Waals surface area contributed by atoms with Crippen LogP contribution in [0.4, 0.5) is 0 Å². The first kappa shape index (κ1) is 14.9. The lowest BCUT2D eigenvalue weighted by Gasteiger charge is -2.23. The molecule has 2 aromatic rings. The Morgan fingerprint density at radius 2 is 2.15 bits per heavy atom. The number of ether oxygens (including phenoxy) is 1. The molecule has 2 rings (SSSR count). The van der Waals surface area contributed by atoms with E-state index in [4.69, 9.17) is 16.3 Å². The zero-order valence-corrected chi connectivity index (χ0v) is 13.0. The highest BCUT2D eigenvalue weighted by Gasteiger charge is 2.26. The molecule has 5 heteroatoms. The highest BCUT2D eigenvalue weighted by Crippen LogP contribution is 2.31. The molecule has 0 aromatic carbocycles. The van der Waals surface area contributed by atoms with Crippen LogP contribution in [0.25, 0.3) is 5.52 Å². The van der Waals surface area contributed by atoms with E-state index in [0.717, 1.165) is 17.5 Å². The van der Waals surface area contributed by atoms with Crippen LogP contribution in [0.3, 0.4) is 0 Å². The second kappa shape index (κ2) is 5.44. The number of nitrogens with zero attached hydrogens (tertiary/aromatic N) is 2. The average Bonchev–Trinajstić information content (AvgIpc) is 2.73. The van der Waals surface area contributed by atoms with Gasteiger partial charge < -0.3 is 4.74 Å². The number of rotatable bonds is 3. The Morgan fingerprint density at radius 3 is 2.75 bits per heavy atom. The van der Waals surface area contributed by atoms with Crippen LogP contribution in [-0.4, -0.2) is 22.2 Å². The number of halogens is 1. The van der Waals surface area contributed by atoms with Crippen molar-refractivity contribution in [3.8, 4) is 0 Å². The monoisotopic (exact) mass is 294 g/mol. The van der Waals surface area contributed by atoms with Crippen LogP contribution in [0, 0.1) is 0 Å². The van der Waals surface area contributed by atoms with E-state index in [-0.39, 0.29) is 11.4 Å². The highest BCUT2D eigenvalue weighted by atomic mass is 35.5. The third-order valence-corrected chi connectivity index (χ3v) is 3.22. The standard InChI is InChI=1S/C15H19ClN2O2/c1-5-6-20-14(19)11-8-17-18-9-10(16)7-12(18)13(11)15(2,3)4/h7-9H,5-6H2,1-4H3. The number of carbonyl (C=O) groups is 1. The van der Waals surface area contributed by atoms with E-state index >= 15 is 0 Å². The third-order valence-electron chi connectivity index (χ3n) is 3.01. The maximum Gasteiger partial charge on any atom is 0.340 e. The molecule has 0 unspecified atom stereocenters. The number of aromatic nitrogens is 2. The Kier molecular flexibility index (Phi) is 4.04. The summed E-state index contributed by atoms with van der Waals surface area (Å²) in [5, 5.41) is 4.84. The quantitative estimate of drug-likeness (QED) is 0.808. The van der Waals surface area contributed by atoms with Crippen molar-refractivity contribution in [3.05, 3.63) is 34.6 Å². The van der Waals surface area contributed by atoms with Crippen LogP contribution >= 0.6 is 11.6 Å². The van der Waals surface area contributed by atoms with Gasteiger partial charge in [-0.15, -0.1) is 0 Å². The Labute approximate surface area is 123 Å². The molecule has 0 aliphatic heterocycles. The Hall–Kier alpha value is -1.55. The van der Waals surface area contributed by atoms with Gasteiger partial charge in [-0.2, -0.15) is 5.10 Å². The highest BCUT2D eigenvalue weighted by molar-refractivity contribution is 6.31. The second-order valence-corrected chi connectivity index (χ2v) is 6.24. The number of hydrogen-bond acceptors (Lipinski definition) is 3. The fourth-order valence-corrected chi connectivity index (χ4v) is 2.44. The first-order chi connectivity index (χ1) is 9.34. The molecule has 2 heterocycles. The molecule has 0 saturated carbocycles. The summed E-state index contributed by atoms with van der Waals surface area (Å²) >= 11 is 6.04. The zero-order valence-electron chi connectivity index (χ0n) is 12.2. The Balaban J connectivity index is 2.62. The number of esters is 1. The van der Waals surface area contributed by atoms with Gasteiger partial charge in [0.15, 0.2) is 0 Å². The van der Waals surface area contributed by atoms with E-state index in [1.807, 2.05) is 13.0 Å². The van der Waals surface area contributed by atoms with Gasteiger partial charge in [-0.3, -0.25) is 0 Å². The third kappa shape index (κ3) is 2.80. The molecule has 0 N–H and O–H groups in total. The van der Waals surface area contributed by atoms with E-state index < -0.39 is 0 Å². The topological polar surface area (TPSA) is 43.6 Å². The number of hydrogen-bond donors (Lipinski definition) is 0. The van der Waals surface area contributed by atoms with E-state index in [2.05, 4.69) is 25.9 Å². The van der Waals surface area contributed by atoms with Crippen molar-refractivity contribution in [2.45, 2.75) is 39.5 Å². The van der Waals surface area contributed by atoms with Gasteiger partial charge in [-0.1, -0.05) is 39.3 Å². The summed E-state index contributed by atoms with van der Waals surface area (Å²) in [5.41, 5.74) is 2.04. The Morgan fingerprint density at radius 1 is 1.45 bits per heavy atom. The van der Waals surface area contributed by atoms with E-state index in [0.29, 0.717) is 17.2 Å². The zero-order chi connectivity index (χ0) is 14.9. The SMILES string of the molecule is CCCOC(=O)c1cnn2cc(Cl)cc2c1C(C)(C)C. The molecule has 0 bridgehead atoms. The summed E-state index contributed by atoms with van der Waals surface area (Å²) < 4.78 is 6.94. The van der Waals surface area contributed by atoms with Gasteiger partial charge in [0.25, 0.3) is 0 Å². The minimum absolute atomic E-state index is 0.216. The van der Waals surface area contributed by atoms with Gasteiger partial charge in [-0.05, 0) is 23.5 Å². The van der Waals surface area contributed by atoms with Gasteiger partial charge in [0.05, 0.1) is 28.9 Å². The van der Waals surface area contributed by atoms with E-state index in [1.54, 1.807) is 16.9 Å². The maximum absolute atomic E-state index is 12.2. The normalized spacial score (nSPS) is 11.8. The van der Waals surface area contributed by atoms with Crippen molar-refractivity contribution in [3.63, 3.8) is 0 Å². The summed E-state index contributed by atoms with van der Waals surface area (Å²) in [6.07, 6.45) is 4.08. The number of fused-ring (bicyclic) bond motifs is 1. The molecular formula is C15H19ClN2O2. The molecule has 20 heavy (non-hydrogen) atoms. The molecule has 0 radical (unpaired) electrons. The molecule has 0 spiro atoms. The molecule has 0 aliphatic carbocycles. The minimum atomic E-state index is -0.330. The molecule has 4 nitrogen and oxygen atoms in total. The van der Waals surface area contributed by atoms with Gasteiger partial charge in [0.1, 0.15) is 0 Å². The van der Waals surface area contributed by atoms with Crippen molar-refractivity contribution in [1.29, 1.82) is 0 Å². The summed E-state index contributed by atoms with van der Waals surface area (Å²) in [5.74, 6) is -0.330. The van der Waals surface area contributed by atoms with Crippen LogP contribution in [-0.2, 0) is 10.2 Å². The fourth-order valence-electron chi connectivity index (χ4n) is 2.24. The molecule has 0 atom stereocenters. The molecule has 0 amide bonds. The predicted molar refractivity (Wildman–Crippen MR) is 79.5 cm³/mol. The van der Waals surface area contributed by atoms with Gasteiger partial charge in [-0.25, -0.2) is 9.31 Å². The van der Waals surface area contributed by atoms with E-state index in [9.17, 15) is 4.79 Å². The molecule has 0 saturated heterocycles. The lowest BCUT2D eigenvalue weighted by Crippen LogP contribution is -2.20. The summed E-state index contributed by atoms with van der Waals surface area (Å²) in [7, 11) is 0. The summed E-state index contributed by atoms with van der Waals surface area (Å²) in [6.45, 7) is 8.54. The molecule has 2 aromatic heterocycles. The maximum atomic E-state index is 12.2. The largest absolute Gasteiger partial charge is 0.462 e.